The molecule has 2 aromatic rings. The summed E-state index contributed by atoms with van der Waals surface area (Å²) in [5.41, 5.74) is 3.93. The van der Waals surface area contributed by atoms with Crippen LogP contribution in [-0.2, 0) is 22.6 Å². The van der Waals surface area contributed by atoms with E-state index in [1.165, 1.54) is 14.2 Å². The molecule has 0 aliphatic carbocycles. The molecule has 7 heteroatoms. The topological polar surface area (TPSA) is 93.4 Å². The van der Waals surface area contributed by atoms with Crippen molar-refractivity contribution in [1.29, 1.82) is 5.26 Å². The summed E-state index contributed by atoms with van der Waals surface area (Å²) < 4.78 is 12.1. The maximum atomic E-state index is 12.6. The number of aryl methyl sites for hydroxylation is 1. The number of nitrogens with one attached hydrogen (secondary N) is 1. The minimum atomic E-state index is -0.528. The van der Waals surface area contributed by atoms with Gasteiger partial charge < -0.3 is 19.4 Å². The lowest BCUT2D eigenvalue weighted by molar-refractivity contribution is -0.117. The van der Waals surface area contributed by atoms with Crippen molar-refractivity contribution in [3.8, 4) is 11.8 Å². The van der Waals surface area contributed by atoms with E-state index >= 15 is 0 Å². The van der Waals surface area contributed by atoms with Crippen LogP contribution in [0.15, 0.2) is 29.8 Å². The number of ether oxygens (including phenoxy) is 2. The number of methoxy groups -OCH3 is 2. The molecule has 0 saturated carbocycles. The lowest BCUT2D eigenvalue weighted by Gasteiger charge is -2.12. The van der Waals surface area contributed by atoms with Crippen molar-refractivity contribution in [2.45, 2.75) is 40.8 Å². The molecule has 0 fully saturated rings. The van der Waals surface area contributed by atoms with E-state index in [4.69, 9.17) is 9.47 Å². The van der Waals surface area contributed by atoms with Gasteiger partial charge in [0.15, 0.2) is 0 Å². The van der Waals surface area contributed by atoms with E-state index in [-0.39, 0.29) is 17.7 Å². The Hall–Kier alpha value is -3.53. The Balaban J connectivity index is 2.20. The fourth-order valence-electron chi connectivity index (χ4n) is 3.34. The number of nitrogens with zero attached hydrogens (tertiary/aromatic N) is 2. The zero-order chi connectivity index (χ0) is 23.1. The van der Waals surface area contributed by atoms with E-state index in [1.54, 1.807) is 24.3 Å². The van der Waals surface area contributed by atoms with Gasteiger partial charge >= 0.3 is 5.97 Å². The summed E-state index contributed by atoms with van der Waals surface area (Å²) in [7, 11) is 2.75. The number of amides is 1. The number of carbonyl (C=O) groups excluding carboxylic acids is 2. The van der Waals surface area contributed by atoms with Gasteiger partial charge in [-0.15, -0.1) is 0 Å². The summed E-state index contributed by atoms with van der Waals surface area (Å²) >= 11 is 0. The second kappa shape index (κ2) is 10.5. The number of hydrogen-bond donors (Lipinski definition) is 1. The van der Waals surface area contributed by atoms with Crippen LogP contribution in [0.4, 0.5) is 0 Å². The van der Waals surface area contributed by atoms with Crippen LogP contribution in [0.2, 0.25) is 0 Å². The summed E-state index contributed by atoms with van der Waals surface area (Å²) in [5.74, 6) is -0.137. The lowest BCUT2D eigenvalue weighted by atomic mass is 10.1. The van der Waals surface area contributed by atoms with Gasteiger partial charge in [-0.3, -0.25) is 4.79 Å². The Morgan fingerprint density at radius 2 is 1.94 bits per heavy atom. The predicted molar refractivity (Wildman–Crippen MR) is 119 cm³/mol. The SMILES string of the molecule is COC(=O)c1cc(CNC(=O)/C(C#N)=C/c2cc(C)n(CC(C)C)c2C)ccc1OC. The molecule has 1 amide bonds. The molecule has 1 aromatic carbocycles. The molecule has 0 spiro atoms. The molecule has 31 heavy (non-hydrogen) atoms. The van der Waals surface area contributed by atoms with E-state index in [1.807, 2.05) is 26.0 Å². The van der Waals surface area contributed by atoms with Crippen LogP contribution in [0.3, 0.4) is 0 Å². The van der Waals surface area contributed by atoms with Crippen molar-refractivity contribution >= 4 is 18.0 Å². The van der Waals surface area contributed by atoms with Gasteiger partial charge in [0.1, 0.15) is 23.0 Å². The fourth-order valence-corrected chi connectivity index (χ4v) is 3.34. The molecule has 0 unspecified atom stereocenters. The lowest BCUT2D eigenvalue weighted by Crippen LogP contribution is -2.24. The Labute approximate surface area is 183 Å². The Bertz CT molecular complexity index is 1040. The first-order chi connectivity index (χ1) is 14.7. The predicted octanol–water partition coefficient (Wildman–Crippen LogP) is 3.78. The molecule has 0 bridgehead atoms. The van der Waals surface area contributed by atoms with Gasteiger partial charge in [-0.05, 0) is 55.2 Å². The highest BCUT2D eigenvalue weighted by atomic mass is 16.5. The number of esters is 1. The maximum absolute atomic E-state index is 12.6. The van der Waals surface area contributed by atoms with Gasteiger partial charge in [0.2, 0.25) is 0 Å². The Kier molecular flexibility index (Phi) is 8.03. The van der Waals surface area contributed by atoms with Crippen LogP contribution < -0.4 is 10.1 Å². The van der Waals surface area contributed by atoms with Crippen LogP contribution in [-0.4, -0.2) is 30.7 Å². The molecule has 164 valence electrons. The first-order valence-corrected chi connectivity index (χ1v) is 10.0. The van der Waals surface area contributed by atoms with Crippen molar-refractivity contribution < 1.29 is 19.1 Å². The summed E-state index contributed by atoms with van der Waals surface area (Å²) in [6.07, 6.45) is 1.61. The summed E-state index contributed by atoms with van der Waals surface area (Å²) in [6.45, 7) is 9.32. The Morgan fingerprint density at radius 1 is 1.23 bits per heavy atom. The van der Waals surface area contributed by atoms with Gasteiger partial charge in [0, 0.05) is 24.5 Å². The molecule has 1 N–H and O–H groups in total. The van der Waals surface area contributed by atoms with Gasteiger partial charge in [-0.25, -0.2) is 4.79 Å². The highest BCUT2D eigenvalue weighted by molar-refractivity contribution is 6.01. The van der Waals surface area contributed by atoms with Crippen LogP contribution >= 0.6 is 0 Å². The van der Waals surface area contributed by atoms with Crippen LogP contribution in [0, 0.1) is 31.1 Å². The van der Waals surface area contributed by atoms with Crippen LogP contribution in [0.5, 0.6) is 5.75 Å². The molecule has 7 nitrogen and oxygen atoms in total. The minimum absolute atomic E-state index is 0.0199. The number of hydrogen-bond acceptors (Lipinski definition) is 5. The highest BCUT2D eigenvalue weighted by Crippen LogP contribution is 2.22. The van der Waals surface area contributed by atoms with Crippen LogP contribution in [0.25, 0.3) is 6.08 Å². The maximum Gasteiger partial charge on any atom is 0.341 e. The molecular formula is C24H29N3O4. The van der Waals surface area contributed by atoms with Crippen LogP contribution in [0.1, 0.15) is 46.7 Å². The molecular weight excluding hydrogens is 394 g/mol. The largest absolute Gasteiger partial charge is 0.496 e. The van der Waals surface area contributed by atoms with Crippen molar-refractivity contribution in [3.63, 3.8) is 0 Å². The Morgan fingerprint density at radius 3 is 2.52 bits per heavy atom. The number of nitriles is 1. The third kappa shape index (κ3) is 5.76. The standard InChI is InChI=1S/C24H29N3O4/c1-15(2)14-27-16(3)9-19(17(27)4)11-20(12-25)23(28)26-13-18-7-8-22(30-5)21(10-18)24(29)31-6/h7-11,15H,13-14H2,1-6H3,(H,26,28)/b20-11+. The zero-order valence-electron chi connectivity index (χ0n) is 18.9. The molecule has 0 aliphatic rings. The number of aromatic nitrogens is 1. The van der Waals surface area contributed by atoms with E-state index in [9.17, 15) is 14.9 Å². The van der Waals surface area contributed by atoms with Crippen molar-refractivity contribution in [2.75, 3.05) is 14.2 Å². The van der Waals surface area contributed by atoms with Crippen molar-refractivity contribution in [1.82, 2.24) is 9.88 Å². The average molecular weight is 424 g/mol. The molecule has 0 radical (unpaired) electrons. The molecule has 0 atom stereocenters. The van der Waals surface area contributed by atoms with Gasteiger partial charge in [0.25, 0.3) is 5.91 Å². The first kappa shape index (κ1) is 23.7. The second-order valence-corrected chi connectivity index (χ2v) is 7.71. The average Bonchev–Trinajstić information content (AvgIpc) is 3.01. The van der Waals surface area contributed by atoms with E-state index < -0.39 is 11.9 Å². The quantitative estimate of drug-likeness (QED) is 0.396. The third-order valence-corrected chi connectivity index (χ3v) is 4.95. The molecule has 1 aromatic heterocycles. The summed E-state index contributed by atoms with van der Waals surface area (Å²) in [4.78, 5) is 24.5. The molecule has 0 saturated heterocycles. The van der Waals surface area contributed by atoms with Gasteiger partial charge in [-0.2, -0.15) is 5.26 Å². The zero-order valence-corrected chi connectivity index (χ0v) is 18.9. The highest BCUT2D eigenvalue weighted by Gasteiger charge is 2.16. The summed E-state index contributed by atoms with van der Waals surface area (Å²) in [6, 6.07) is 8.94. The monoisotopic (exact) mass is 423 g/mol. The number of carbonyl (C=O) groups is 2. The third-order valence-electron chi connectivity index (χ3n) is 4.95. The molecule has 1 heterocycles. The first-order valence-electron chi connectivity index (χ1n) is 10.0. The number of rotatable bonds is 8. The smallest absolute Gasteiger partial charge is 0.341 e. The second-order valence-electron chi connectivity index (χ2n) is 7.71. The molecule has 0 aliphatic heterocycles. The van der Waals surface area contributed by atoms with Crippen molar-refractivity contribution in [2.24, 2.45) is 5.92 Å². The summed E-state index contributed by atoms with van der Waals surface area (Å²) in [5, 5.41) is 12.3. The van der Waals surface area contributed by atoms with Crippen molar-refractivity contribution in [3.05, 3.63) is 57.9 Å². The van der Waals surface area contributed by atoms with E-state index in [0.717, 1.165) is 23.5 Å². The van der Waals surface area contributed by atoms with E-state index in [0.29, 0.717) is 17.2 Å². The number of benzene rings is 1. The minimum Gasteiger partial charge on any atom is -0.496 e. The fraction of sp³-hybridized carbons (Fsp3) is 0.375. The molecule has 2 rings (SSSR count). The van der Waals surface area contributed by atoms with Gasteiger partial charge in [-0.1, -0.05) is 19.9 Å². The van der Waals surface area contributed by atoms with E-state index in [2.05, 4.69) is 23.7 Å². The van der Waals surface area contributed by atoms with Gasteiger partial charge in [0.05, 0.1) is 14.2 Å². The normalized spacial score (nSPS) is 11.2.